The highest BCUT2D eigenvalue weighted by Crippen LogP contribution is 2.30. The zero-order valence-electron chi connectivity index (χ0n) is 9.99. The van der Waals surface area contributed by atoms with Gasteiger partial charge >= 0.3 is 0 Å². The quantitative estimate of drug-likeness (QED) is 0.785. The van der Waals surface area contributed by atoms with Gasteiger partial charge in [0, 0.05) is 13.0 Å². The molecule has 5 heteroatoms. The minimum Gasteiger partial charge on any atom is -0.383 e. The fourth-order valence-electron chi connectivity index (χ4n) is 2.34. The van der Waals surface area contributed by atoms with E-state index in [4.69, 9.17) is 4.74 Å². The number of carbonyl (C=O) groups is 1. The van der Waals surface area contributed by atoms with Crippen LogP contribution in [0, 0.1) is 5.92 Å². The maximum Gasteiger partial charge on any atom is 0.185 e. The Morgan fingerprint density at radius 2 is 2.29 bits per heavy atom. The van der Waals surface area contributed by atoms with Crippen LogP contribution in [-0.4, -0.2) is 29.3 Å². The van der Waals surface area contributed by atoms with Crippen LogP contribution in [0.5, 0.6) is 0 Å². The van der Waals surface area contributed by atoms with Crippen molar-refractivity contribution in [1.82, 2.24) is 9.78 Å². The van der Waals surface area contributed by atoms with Crippen LogP contribution in [0.15, 0.2) is 10.7 Å². The monoisotopic (exact) mass is 300 g/mol. The fraction of sp³-hybridized carbons (Fsp3) is 0.667. The Labute approximate surface area is 109 Å². The lowest BCUT2D eigenvalue weighted by atomic mass is 10.0. The first-order chi connectivity index (χ1) is 8.24. The molecule has 94 valence electrons. The highest BCUT2D eigenvalue weighted by molar-refractivity contribution is 9.10. The molecule has 4 nitrogen and oxygen atoms in total. The predicted molar refractivity (Wildman–Crippen MR) is 68.1 cm³/mol. The number of ether oxygens (including phenoxy) is 1. The van der Waals surface area contributed by atoms with Crippen molar-refractivity contribution in [2.45, 2.75) is 32.2 Å². The van der Waals surface area contributed by atoms with Crippen LogP contribution in [0.2, 0.25) is 0 Å². The van der Waals surface area contributed by atoms with E-state index >= 15 is 0 Å². The maximum absolute atomic E-state index is 12.4. The number of carbonyl (C=O) groups excluding carboxylic acids is 1. The van der Waals surface area contributed by atoms with Gasteiger partial charge in [0.1, 0.15) is 5.69 Å². The fourth-order valence-corrected chi connectivity index (χ4v) is 2.83. The van der Waals surface area contributed by atoms with Crippen molar-refractivity contribution in [3.8, 4) is 0 Å². The van der Waals surface area contributed by atoms with Crippen LogP contribution in [0.25, 0.3) is 0 Å². The Kier molecular flexibility index (Phi) is 4.34. The molecule has 2 rings (SSSR count). The van der Waals surface area contributed by atoms with E-state index in [1.807, 2.05) is 0 Å². The van der Waals surface area contributed by atoms with E-state index in [0.717, 1.165) is 17.3 Å². The van der Waals surface area contributed by atoms with Gasteiger partial charge in [-0.15, -0.1) is 0 Å². The molecule has 0 spiro atoms. The summed E-state index contributed by atoms with van der Waals surface area (Å²) < 4.78 is 7.57. The van der Waals surface area contributed by atoms with Crippen molar-refractivity contribution in [3.63, 3.8) is 0 Å². The SMILES string of the molecule is COCCn1ncc(Br)c1C(=O)C1CCCC1. The van der Waals surface area contributed by atoms with Crippen molar-refractivity contribution in [2.24, 2.45) is 5.92 Å². The summed E-state index contributed by atoms with van der Waals surface area (Å²) in [5.74, 6) is 0.410. The van der Waals surface area contributed by atoms with E-state index in [9.17, 15) is 4.79 Å². The molecule has 0 saturated heterocycles. The molecule has 17 heavy (non-hydrogen) atoms. The topological polar surface area (TPSA) is 44.1 Å². The van der Waals surface area contributed by atoms with Gasteiger partial charge in [0.25, 0.3) is 0 Å². The standard InChI is InChI=1S/C12H17BrN2O2/c1-17-7-6-15-11(10(13)8-14-15)12(16)9-4-2-3-5-9/h8-9H,2-7H2,1H3. The van der Waals surface area contributed by atoms with E-state index in [2.05, 4.69) is 21.0 Å². The average molecular weight is 301 g/mol. The van der Waals surface area contributed by atoms with Gasteiger partial charge in [0.05, 0.1) is 23.8 Å². The van der Waals surface area contributed by atoms with Gasteiger partial charge in [-0.2, -0.15) is 5.10 Å². The second kappa shape index (κ2) is 5.78. The number of rotatable bonds is 5. The molecule has 1 aliphatic rings. The van der Waals surface area contributed by atoms with Crippen molar-refractivity contribution in [2.75, 3.05) is 13.7 Å². The second-order valence-corrected chi connectivity index (χ2v) is 5.26. The minimum absolute atomic E-state index is 0.185. The van der Waals surface area contributed by atoms with Crippen LogP contribution in [0.1, 0.15) is 36.2 Å². The first kappa shape index (κ1) is 12.8. The average Bonchev–Trinajstić information content (AvgIpc) is 2.95. The summed E-state index contributed by atoms with van der Waals surface area (Å²) in [5.41, 5.74) is 0.703. The summed E-state index contributed by atoms with van der Waals surface area (Å²) in [7, 11) is 1.65. The summed E-state index contributed by atoms with van der Waals surface area (Å²) in [5, 5.41) is 4.21. The third-order valence-electron chi connectivity index (χ3n) is 3.26. The molecule has 0 atom stereocenters. The Balaban J connectivity index is 2.17. The molecular weight excluding hydrogens is 284 g/mol. The summed E-state index contributed by atoms with van der Waals surface area (Å²) in [6.45, 7) is 1.19. The van der Waals surface area contributed by atoms with Crippen molar-refractivity contribution >= 4 is 21.7 Å². The Bertz CT molecular complexity index is 397. The van der Waals surface area contributed by atoms with Gasteiger partial charge in [-0.25, -0.2) is 0 Å². The Morgan fingerprint density at radius 3 is 2.94 bits per heavy atom. The zero-order valence-corrected chi connectivity index (χ0v) is 11.6. The molecule has 1 saturated carbocycles. The number of nitrogens with zero attached hydrogens (tertiary/aromatic N) is 2. The first-order valence-corrected chi connectivity index (χ1v) is 6.77. The van der Waals surface area contributed by atoms with Gasteiger partial charge in [-0.3, -0.25) is 9.48 Å². The third-order valence-corrected chi connectivity index (χ3v) is 3.84. The van der Waals surface area contributed by atoms with Crippen molar-refractivity contribution < 1.29 is 9.53 Å². The lowest BCUT2D eigenvalue weighted by Crippen LogP contribution is -2.19. The van der Waals surface area contributed by atoms with Crippen LogP contribution in [-0.2, 0) is 11.3 Å². The molecule has 0 aromatic carbocycles. The molecule has 1 heterocycles. The molecule has 0 bridgehead atoms. The summed E-state index contributed by atoms with van der Waals surface area (Å²) in [4.78, 5) is 12.4. The summed E-state index contributed by atoms with van der Waals surface area (Å²) >= 11 is 3.41. The Hall–Kier alpha value is -0.680. The highest BCUT2D eigenvalue weighted by atomic mass is 79.9. The van der Waals surface area contributed by atoms with Gasteiger partial charge < -0.3 is 4.74 Å². The highest BCUT2D eigenvalue weighted by Gasteiger charge is 2.28. The maximum atomic E-state index is 12.4. The summed E-state index contributed by atoms with van der Waals surface area (Å²) in [6.07, 6.45) is 6.06. The second-order valence-electron chi connectivity index (χ2n) is 4.40. The molecule has 0 radical (unpaired) electrons. The van der Waals surface area contributed by atoms with Crippen molar-refractivity contribution in [1.29, 1.82) is 0 Å². The molecular formula is C12H17BrN2O2. The van der Waals surface area contributed by atoms with E-state index in [1.54, 1.807) is 18.0 Å². The number of halogens is 1. The summed E-state index contributed by atoms with van der Waals surface area (Å²) in [6, 6.07) is 0. The molecule has 0 aliphatic heterocycles. The molecule has 1 aliphatic carbocycles. The van der Waals surface area contributed by atoms with Gasteiger partial charge in [0.2, 0.25) is 0 Å². The smallest absolute Gasteiger partial charge is 0.185 e. The molecule has 1 aromatic rings. The molecule has 1 fully saturated rings. The predicted octanol–water partition coefficient (Wildman–Crippen LogP) is 2.66. The van der Waals surface area contributed by atoms with E-state index < -0.39 is 0 Å². The van der Waals surface area contributed by atoms with E-state index in [-0.39, 0.29) is 11.7 Å². The van der Waals surface area contributed by atoms with Crippen LogP contribution >= 0.6 is 15.9 Å². The number of Topliss-reactive ketones (excluding diaryl/α,β-unsaturated/α-hetero) is 1. The third kappa shape index (κ3) is 2.77. The molecule has 0 unspecified atom stereocenters. The van der Waals surface area contributed by atoms with Crippen LogP contribution in [0.4, 0.5) is 0 Å². The number of aromatic nitrogens is 2. The van der Waals surface area contributed by atoms with E-state index in [0.29, 0.717) is 18.8 Å². The van der Waals surface area contributed by atoms with Gasteiger partial charge in [0.15, 0.2) is 5.78 Å². The lowest BCUT2D eigenvalue weighted by molar-refractivity contribution is 0.0907. The van der Waals surface area contributed by atoms with Gasteiger partial charge in [-0.05, 0) is 28.8 Å². The molecule has 0 amide bonds. The van der Waals surface area contributed by atoms with Gasteiger partial charge in [-0.1, -0.05) is 12.8 Å². The lowest BCUT2D eigenvalue weighted by Gasteiger charge is -2.11. The number of methoxy groups -OCH3 is 1. The molecule has 0 N–H and O–H groups in total. The Morgan fingerprint density at radius 1 is 1.59 bits per heavy atom. The largest absolute Gasteiger partial charge is 0.383 e. The van der Waals surface area contributed by atoms with Crippen LogP contribution < -0.4 is 0 Å². The van der Waals surface area contributed by atoms with Crippen LogP contribution in [0.3, 0.4) is 0 Å². The van der Waals surface area contributed by atoms with Crippen molar-refractivity contribution in [3.05, 3.63) is 16.4 Å². The number of hydrogen-bond donors (Lipinski definition) is 0. The minimum atomic E-state index is 0.185. The zero-order chi connectivity index (χ0) is 12.3. The van der Waals surface area contributed by atoms with E-state index in [1.165, 1.54) is 12.8 Å². The number of ketones is 1. The number of hydrogen-bond acceptors (Lipinski definition) is 3. The molecule has 1 aromatic heterocycles. The normalized spacial score (nSPS) is 16.6. The first-order valence-electron chi connectivity index (χ1n) is 5.98.